The van der Waals surface area contributed by atoms with Gasteiger partial charge < -0.3 is 25.0 Å². The van der Waals surface area contributed by atoms with Gasteiger partial charge in [0.05, 0.1) is 6.10 Å². The van der Waals surface area contributed by atoms with Crippen molar-refractivity contribution in [1.82, 2.24) is 15.5 Å². The Hall–Kier alpha value is -1.84. The lowest BCUT2D eigenvalue weighted by Gasteiger charge is -2.38. The zero-order chi connectivity index (χ0) is 26.7. The van der Waals surface area contributed by atoms with E-state index in [-0.39, 0.29) is 48.7 Å². The number of likely N-dealkylation sites (N-methyl/N-ethyl adjacent to an activating group) is 1. The highest BCUT2D eigenvalue weighted by Crippen LogP contribution is 2.38. The maximum absolute atomic E-state index is 14.0. The molecular weight excluding hydrogens is 483 g/mol. The van der Waals surface area contributed by atoms with Crippen molar-refractivity contribution >= 4 is 6.03 Å². The van der Waals surface area contributed by atoms with Crippen LogP contribution in [0.25, 0.3) is 0 Å². The largest absolute Gasteiger partial charge is 0.382 e. The number of nitrogens with zero attached hydrogens (tertiary/aromatic N) is 1. The first-order valence-electron chi connectivity index (χ1n) is 13.8. The normalized spacial score (nSPS) is 22.0. The number of amides is 2. The summed E-state index contributed by atoms with van der Waals surface area (Å²) in [5, 5.41) is 6.28. The first kappa shape index (κ1) is 29.7. The lowest BCUT2D eigenvalue weighted by molar-refractivity contribution is -0.0473. The Labute approximate surface area is 219 Å². The molecule has 37 heavy (non-hydrogen) atoms. The number of benzene rings is 1. The Morgan fingerprint density at radius 1 is 1.22 bits per heavy atom. The third-order valence-electron chi connectivity index (χ3n) is 7.52. The van der Waals surface area contributed by atoms with E-state index in [4.69, 9.17) is 9.47 Å². The fourth-order valence-electron chi connectivity index (χ4n) is 5.59. The minimum Gasteiger partial charge on any atom is -0.382 e. The minimum absolute atomic E-state index is 0.0386. The van der Waals surface area contributed by atoms with Gasteiger partial charge >= 0.3 is 6.03 Å². The number of hydrogen-bond acceptors (Lipinski definition) is 4. The SMILES string of the molecule is CCOCCCOC(c1cccc(F)c1)[C@@H]1CCCN(C(=O)N[C@H](CNC)CC2CCC(F)(F)CC2)C1. The predicted molar refractivity (Wildman–Crippen MR) is 138 cm³/mol. The average molecular weight is 528 g/mol. The van der Waals surface area contributed by atoms with Gasteiger partial charge in [0.25, 0.3) is 0 Å². The standard InChI is InChI=1S/C28H44F3N3O3/c1-3-36-15-6-16-37-26(22-7-4-9-24(29)18-22)23-8-5-14-34(20-23)27(35)33-25(19-32-2)17-21-10-12-28(30,31)13-11-21/h4,7,9,18,21,23,25-26,32H,3,5-6,8,10-17,19-20H2,1-2H3,(H,33,35)/t23-,25+,26?/m1/s1. The van der Waals surface area contributed by atoms with Gasteiger partial charge in [-0.15, -0.1) is 0 Å². The summed E-state index contributed by atoms with van der Waals surface area (Å²) >= 11 is 0. The Balaban J connectivity index is 1.60. The van der Waals surface area contributed by atoms with Gasteiger partial charge in [-0.2, -0.15) is 0 Å². The second-order valence-electron chi connectivity index (χ2n) is 10.5. The van der Waals surface area contributed by atoms with Crippen molar-refractivity contribution in [2.24, 2.45) is 11.8 Å². The van der Waals surface area contributed by atoms with Crippen molar-refractivity contribution in [2.45, 2.75) is 76.4 Å². The predicted octanol–water partition coefficient (Wildman–Crippen LogP) is 5.54. The zero-order valence-electron chi connectivity index (χ0n) is 22.3. The van der Waals surface area contributed by atoms with Gasteiger partial charge in [-0.3, -0.25) is 0 Å². The number of likely N-dealkylation sites (tertiary alicyclic amines) is 1. The number of alkyl halides is 2. The van der Waals surface area contributed by atoms with Crippen LogP contribution in [0.3, 0.4) is 0 Å². The molecule has 2 aliphatic rings. The minimum atomic E-state index is -2.55. The third kappa shape index (κ3) is 9.76. The maximum atomic E-state index is 14.0. The molecule has 2 fully saturated rings. The van der Waals surface area contributed by atoms with Crippen molar-refractivity contribution in [3.63, 3.8) is 0 Å². The summed E-state index contributed by atoms with van der Waals surface area (Å²) in [4.78, 5) is 15.1. The number of halogens is 3. The van der Waals surface area contributed by atoms with E-state index in [9.17, 15) is 18.0 Å². The molecule has 0 radical (unpaired) electrons. The van der Waals surface area contributed by atoms with Crippen LogP contribution in [0.15, 0.2) is 24.3 Å². The van der Waals surface area contributed by atoms with E-state index in [2.05, 4.69) is 10.6 Å². The summed E-state index contributed by atoms with van der Waals surface area (Å²) in [5.41, 5.74) is 0.783. The molecule has 1 aromatic carbocycles. The molecule has 210 valence electrons. The summed E-state index contributed by atoms with van der Waals surface area (Å²) < 4.78 is 52.9. The third-order valence-corrected chi connectivity index (χ3v) is 7.52. The fourth-order valence-corrected chi connectivity index (χ4v) is 5.59. The van der Waals surface area contributed by atoms with E-state index >= 15 is 0 Å². The second kappa shape index (κ2) is 14.9. The highest BCUT2D eigenvalue weighted by molar-refractivity contribution is 5.74. The summed E-state index contributed by atoms with van der Waals surface area (Å²) in [5.74, 6) is -2.63. The molecule has 1 aromatic rings. The van der Waals surface area contributed by atoms with Crippen molar-refractivity contribution in [1.29, 1.82) is 0 Å². The van der Waals surface area contributed by atoms with E-state index in [1.807, 2.05) is 24.9 Å². The molecule has 0 spiro atoms. The molecule has 1 aliphatic carbocycles. The highest BCUT2D eigenvalue weighted by Gasteiger charge is 2.36. The highest BCUT2D eigenvalue weighted by atomic mass is 19.3. The van der Waals surface area contributed by atoms with Crippen LogP contribution in [0.5, 0.6) is 0 Å². The molecule has 1 aliphatic heterocycles. The molecule has 0 aromatic heterocycles. The van der Waals surface area contributed by atoms with Crippen LogP contribution in [-0.4, -0.2) is 69.4 Å². The van der Waals surface area contributed by atoms with Crippen molar-refractivity contribution in [3.8, 4) is 0 Å². The van der Waals surface area contributed by atoms with Gasteiger partial charge in [0.2, 0.25) is 5.92 Å². The van der Waals surface area contributed by atoms with E-state index in [0.29, 0.717) is 58.7 Å². The number of carbonyl (C=O) groups is 1. The number of urea groups is 1. The molecule has 1 saturated carbocycles. The number of piperidine rings is 1. The Kier molecular flexibility index (Phi) is 12.0. The van der Waals surface area contributed by atoms with Crippen molar-refractivity contribution in [3.05, 3.63) is 35.6 Å². The monoisotopic (exact) mass is 527 g/mol. The molecule has 0 bridgehead atoms. The second-order valence-corrected chi connectivity index (χ2v) is 10.5. The number of rotatable bonds is 13. The maximum Gasteiger partial charge on any atom is 0.317 e. The molecule has 2 amide bonds. The van der Waals surface area contributed by atoms with E-state index in [0.717, 1.165) is 24.8 Å². The van der Waals surface area contributed by atoms with Crippen LogP contribution in [0.2, 0.25) is 0 Å². The molecule has 1 saturated heterocycles. The first-order valence-corrected chi connectivity index (χ1v) is 13.8. The molecule has 9 heteroatoms. The van der Waals surface area contributed by atoms with E-state index in [1.54, 1.807) is 6.07 Å². The van der Waals surface area contributed by atoms with Gasteiger partial charge in [0.15, 0.2) is 0 Å². The van der Waals surface area contributed by atoms with E-state index < -0.39 is 5.92 Å². The summed E-state index contributed by atoms with van der Waals surface area (Å²) in [6.07, 6.45) is 3.67. The molecule has 3 atom stereocenters. The van der Waals surface area contributed by atoms with Gasteiger partial charge in [0.1, 0.15) is 5.82 Å². The van der Waals surface area contributed by atoms with Gasteiger partial charge in [0, 0.05) is 64.3 Å². The Morgan fingerprint density at radius 3 is 2.70 bits per heavy atom. The summed E-state index contributed by atoms with van der Waals surface area (Å²) in [7, 11) is 1.83. The quantitative estimate of drug-likeness (QED) is 0.331. The van der Waals surface area contributed by atoms with Crippen LogP contribution in [-0.2, 0) is 9.47 Å². The number of nitrogens with one attached hydrogen (secondary N) is 2. The molecule has 1 unspecified atom stereocenters. The Morgan fingerprint density at radius 2 is 2.00 bits per heavy atom. The number of hydrogen-bond donors (Lipinski definition) is 2. The van der Waals surface area contributed by atoms with E-state index in [1.165, 1.54) is 12.1 Å². The fraction of sp³-hybridized carbons (Fsp3) is 0.750. The van der Waals surface area contributed by atoms with Crippen LogP contribution < -0.4 is 10.6 Å². The topological polar surface area (TPSA) is 62.8 Å². The smallest absolute Gasteiger partial charge is 0.317 e. The lowest BCUT2D eigenvalue weighted by Crippen LogP contribution is -2.52. The first-order chi connectivity index (χ1) is 17.8. The number of carbonyl (C=O) groups excluding carboxylic acids is 1. The van der Waals surface area contributed by atoms with Crippen LogP contribution >= 0.6 is 0 Å². The van der Waals surface area contributed by atoms with Gasteiger partial charge in [-0.1, -0.05) is 12.1 Å². The lowest BCUT2D eigenvalue weighted by atomic mass is 9.83. The van der Waals surface area contributed by atoms with Crippen molar-refractivity contribution in [2.75, 3.05) is 46.5 Å². The van der Waals surface area contributed by atoms with Crippen LogP contribution in [0.1, 0.15) is 70.0 Å². The average Bonchev–Trinajstić information content (AvgIpc) is 2.87. The Bertz CT molecular complexity index is 819. The van der Waals surface area contributed by atoms with Crippen LogP contribution in [0, 0.1) is 17.7 Å². The molecule has 2 N–H and O–H groups in total. The molecule has 3 rings (SSSR count). The number of ether oxygens (including phenoxy) is 2. The summed E-state index contributed by atoms with van der Waals surface area (Å²) in [6, 6.07) is 6.25. The van der Waals surface area contributed by atoms with Crippen LogP contribution in [0.4, 0.5) is 18.0 Å². The summed E-state index contributed by atoms with van der Waals surface area (Å²) in [6.45, 7) is 5.45. The molecule has 6 nitrogen and oxygen atoms in total. The zero-order valence-corrected chi connectivity index (χ0v) is 22.3. The van der Waals surface area contributed by atoms with Gasteiger partial charge in [-0.05, 0) is 76.1 Å². The molecule has 1 heterocycles. The van der Waals surface area contributed by atoms with Crippen molar-refractivity contribution < 1.29 is 27.4 Å². The van der Waals surface area contributed by atoms with Gasteiger partial charge in [-0.25, -0.2) is 18.0 Å². The molecular formula is C28H44F3N3O3.